The molecular weight excluding hydrogens is 212 g/mol. The summed E-state index contributed by atoms with van der Waals surface area (Å²) in [5, 5.41) is 11.8. The topological polar surface area (TPSA) is 26.7 Å². The molecule has 1 saturated heterocycles. The van der Waals surface area contributed by atoms with E-state index >= 15 is 0 Å². The van der Waals surface area contributed by atoms with Crippen LogP contribution in [0.2, 0.25) is 0 Å². The normalized spacial score (nSPS) is 28.5. The quantitative estimate of drug-likeness (QED) is 0.809. The fourth-order valence-corrected chi connectivity index (χ4v) is 3.03. The van der Waals surface area contributed by atoms with Gasteiger partial charge in [-0.2, -0.15) is 5.06 Å². The average Bonchev–Trinajstić information content (AvgIpc) is 2.39. The molecule has 1 heterocycles. The second kappa shape index (κ2) is 3.80. The third-order valence-corrected chi connectivity index (χ3v) is 4.10. The van der Waals surface area contributed by atoms with Gasteiger partial charge in [-0.15, -0.1) is 0 Å². The maximum absolute atomic E-state index is 10.4. The highest BCUT2D eigenvalue weighted by atomic mass is 16.5. The van der Waals surface area contributed by atoms with Crippen LogP contribution in [0.15, 0.2) is 30.3 Å². The maximum Gasteiger partial charge on any atom is 0.0928 e. The molecule has 3 nitrogen and oxygen atoms in total. The first-order valence-electron chi connectivity index (χ1n) is 6.06. The molecule has 1 aliphatic rings. The van der Waals surface area contributed by atoms with Crippen LogP contribution < -0.4 is 0 Å². The molecule has 17 heavy (non-hydrogen) atoms. The van der Waals surface area contributed by atoms with Gasteiger partial charge in [-0.1, -0.05) is 30.3 Å². The highest BCUT2D eigenvalue weighted by molar-refractivity contribution is 5.25. The van der Waals surface area contributed by atoms with Crippen molar-refractivity contribution in [1.29, 1.82) is 0 Å². The molecule has 1 aromatic carbocycles. The summed E-state index contributed by atoms with van der Waals surface area (Å²) in [4.78, 5) is 2.22. The molecule has 0 aromatic heterocycles. The summed E-state index contributed by atoms with van der Waals surface area (Å²) in [6.45, 7) is 8.24. The summed E-state index contributed by atoms with van der Waals surface area (Å²) in [7, 11) is 2.07. The van der Waals surface area contributed by atoms with Crippen LogP contribution in [-0.4, -0.2) is 33.4 Å². The smallest absolute Gasteiger partial charge is 0.0928 e. The number of hydroxylamine groups is 2. The van der Waals surface area contributed by atoms with E-state index in [9.17, 15) is 5.21 Å². The summed E-state index contributed by atoms with van der Waals surface area (Å²) in [6.07, 6.45) is 0. The van der Waals surface area contributed by atoms with Crippen molar-refractivity contribution < 1.29 is 5.21 Å². The van der Waals surface area contributed by atoms with E-state index < -0.39 is 0 Å². The fourth-order valence-electron chi connectivity index (χ4n) is 3.03. The van der Waals surface area contributed by atoms with Crippen molar-refractivity contribution >= 4 is 0 Å². The Labute approximate surface area is 104 Å². The Kier molecular flexibility index (Phi) is 2.81. The Morgan fingerprint density at radius 1 is 1.06 bits per heavy atom. The van der Waals surface area contributed by atoms with Gasteiger partial charge in [0.15, 0.2) is 0 Å². The zero-order chi connectivity index (χ0) is 12.8. The van der Waals surface area contributed by atoms with E-state index in [0.717, 1.165) is 0 Å². The van der Waals surface area contributed by atoms with Crippen LogP contribution in [0.3, 0.4) is 0 Å². The van der Waals surface area contributed by atoms with Crippen molar-refractivity contribution in [2.75, 3.05) is 7.05 Å². The predicted octanol–water partition coefficient (Wildman–Crippen LogP) is 2.88. The van der Waals surface area contributed by atoms with Gasteiger partial charge in [-0.3, -0.25) is 4.90 Å². The van der Waals surface area contributed by atoms with Gasteiger partial charge in [-0.05, 0) is 40.3 Å². The maximum atomic E-state index is 10.4. The Morgan fingerprint density at radius 2 is 1.59 bits per heavy atom. The molecular formula is C14H22N2O. The highest BCUT2D eigenvalue weighted by Gasteiger charge is 2.55. The standard InChI is InChI=1S/C14H22N2O/c1-13(2)12(11-9-7-6-8-10-11)15(5)14(3,4)16(13)17/h6-10,12,17H,1-5H3. The lowest BCUT2D eigenvalue weighted by Gasteiger charge is -2.34. The van der Waals surface area contributed by atoms with Crippen LogP contribution in [-0.2, 0) is 0 Å². The van der Waals surface area contributed by atoms with Crippen LogP contribution in [0.5, 0.6) is 0 Å². The van der Waals surface area contributed by atoms with E-state index in [-0.39, 0.29) is 17.2 Å². The molecule has 1 fully saturated rings. The Morgan fingerprint density at radius 3 is 2.00 bits per heavy atom. The minimum absolute atomic E-state index is 0.184. The van der Waals surface area contributed by atoms with Gasteiger partial charge in [-0.25, -0.2) is 0 Å². The van der Waals surface area contributed by atoms with E-state index in [0.29, 0.717) is 0 Å². The van der Waals surface area contributed by atoms with Crippen LogP contribution in [0.4, 0.5) is 0 Å². The minimum Gasteiger partial charge on any atom is -0.312 e. The van der Waals surface area contributed by atoms with Gasteiger partial charge in [0.05, 0.1) is 17.2 Å². The fraction of sp³-hybridized carbons (Fsp3) is 0.571. The first kappa shape index (κ1) is 12.6. The number of likely N-dealkylation sites (N-methyl/N-ethyl adjacent to an activating group) is 1. The molecule has 0 radical (unpaired) electrons. The first-order chi connectivity index (χ1) is 7.79. The predicted molar refractivity (Wildman–Crippen MR) is 68.7 cm³/mol. The Hall–Kier alpha value is -0.900. The highest BCUT2D eigenvalue weighted by Crippen LogP contribution is 2.47. The SMILES string of the molecule is CN1C(c2ccccc2)C(C)(C)N(O)C1(C)C. The number of benzene rings is 1. The molecule has 94 valence electrons. The Bertz CT molecular complexity index is 400. The van der Waals surface area contributed by atoms with Gasteiger partial charge in [0, 0.05) is 0 Å². The van der Waals surface area contributed by atoms with E-state index in [4.69, 9.17) is 0 Å². The molecule has 1 atom stereocenters. The molecule has 1 N–H and O–H groups in total. The van der Waals surface area contributed by atoms with Crippen molar-refractivity contribution in [3.63, 3.8) is 0 Å². The van der Waals surface area contributed by atoms with Gasteiger partial charge in [0.1, 0.15) is 0 Å². The van der Waals surface area contributed by atoms with Gasteiger partial charge < -0.3 is 5.21 Å². The second-order valence-corrected chi connectivity index (χ2v) is 5.88. The van der Waals surface area contributed by atoms with Crippen LogP contribution >= 0.6 is 0 Å². The largest absolute Gasteiger partial charge is 0.312 e. The van der Waals surface area contributed by atoms with Gasteiger partial charge in [0.25, 0.3) is 0 Å². The average molecular weight is 234 g/mol. The second-order valence-electron chi connectivity index (χ2n) is 5.88. The lowest BCUT2D eigenvalue weighted by molar-refractivity contribution is -0.208. The monoisotopic (exact) mass is 234 g/mol. The zero-order valence-corrected chi connectivity index (χ0v) is 11.3. The minimum atomic E-state index is -0.357. The third kappa shape index (κ3) is 1.69. The van der Waals surface area contributed by atoms with Crippen molar-refractivity contribution in [1.82, 2.24) is 9.96 Å². The number of nitrogens with zero attached hydrogens (tertiary/aromatic N) is 2. The third-order valence-electron chi connectivity index (χ3n) is 4.10. The lowest BCUT2D eigenvalue weighted by atomic mass is 9.89. The summed E-state index contributed by atoms with van der Waals surface area (Å²) in [5.74, 6) is 0. The summed E-state index contributed by atoms with van der Waals surface area (Å²) < 4.78 is 0. The van der Waals surface area contributed by atoms with Crippen molar-refractivity contribution in [2.24, 2.45) is 0 Å². The molecule has 0 bridgehead atoms. The van der Waals surface area contributed by atoms with Gasteiger partial charge >= 0.3 is 0 Å². The lowest BCUT2D eigenvalue weighted by Crippen LogP contribution is -2.49. The number of hydrogen-bond acceptors (Lipinski definition) is 3. The van der Waals surface area contributed by atoms with E-state index in [2.05, 4.69) is 37.9 Å². The molecule has 1 aromatic rings. The number of rotatable bonds is 1. The summed E-state index contributed by atoms with van der Waals surface area (Å²) in [6, 6.07) is 10.5. The van der Waals surface area contributed by atoms with Crippen molar-refractivity contribution in [3.05, 3.63) is 35.9 Å². The Balaban J connectivity index is 2.48. The first-order valence-corrected chi connectivity index (χ1v) is 6.06. The van der Waals surface area contributed by atoms with Crippen LogP contribution in [0, 0.1) is 0 Å². The number of hydrogen-bond donors (Lipinski definition) is 1. The molecule has 1 aliphatic heterocycles. The zero-order valence-electron chi connectivity index (χ0n) is 11.3. The molecule has 0 aliphatic carbocycles. The molecule has 0 amide bonds. The van der Waals surface area contributed by atoms with Crippen molar-refractivity contribution in [3.8, 4) is 0 Å². The molecule has 0 saturated carbocycles. The molecule has 3 heteroatoms. The molecule has 2 rings (SSSR count). The van der Waals surface area contributed by atoms with Crippen LogP contribution in [0.25, 0.3) is 0 Å². The van der Waals surface area contributed by atoms with E-state index in [1.54, 1.807) is 0 Å². The molecule has 0 spiro atoms. The summed E-state index contributed by atoms with van der Waals surface area (Å²) >= 11 is 0. The van der Waals surface area contributed by atoms with E-state index in [1.165, 1.54) is 10.6 Å². The molecule has 1 unspecified atom stereocenters. The summed E-state index contributed by atoms with van der Waals surface area (Å²) in [5.41, 5.74) is 0.577. The van der Waals surface area contributed by atoms with Crippen molar-refractivity contribution in [2.45, 2.75) is 44.9 Å². The van der Waals surface area contributed by atoms with E-state index in [1.807, 2.05) is 32.0 Å². The van der Waals surface area contributed by atoms with Gasteiger partial charge in [0.2, 0.25) is 0 Å². The van der Waals surface area contributed by atoms with Crippen LogP contribution in [0.1, 0.15) is 39.3 Å².